The van der Waals surface area contributed by atoms with Crippen LogP contribution in [0.5, 0.6) is 0 Å². The fourth-order valence-electron chi connectivity index (χ4n) is 7.19. The highest BCUT2D eigenvalue weighted by molar-refractivity contribution is 7.91. The first-order valence-electron chi connectivity index (χ1n) is 18.1. The summed E-state index contributed by atoms with van der Waals surface area (Å²) in [7, 11) is -3.91. The van der Waals surface area contributed by atoms with Gasteiger partial charge in [-0.3, -0.25) is 19.1 Å². The summed E-state index contributed by atoms with van der Waals surface area (Å²) in [5, 5.41) is 4.82. The van der Waals surface area contributed by atoms with E-state index in [4.69, 9.17) is 9.47 Å². The molecule has 6 rings (SSSR count). The number of alkyl carbamates (subject to hydrolysis) is 1. The van der Waals surface area contributed by atoms with E-state index in [0.717, 1.165) is 24.0 Å². The number of nitrogens with zero attached hydrogens (tertiary/aromatic N) is 2. The molecule has 14 nitrogen and oxygen atoms in total. The second-order valence-electron chi connectivity index (χ2n) is 15.5. The van der Waals surface area contributed by atoms with Crippen molar-refractivity contribution in [1.82, 2.24) is 25.2 Å². The second-order valence-corrected chi connectivity index (χ2v) is 17.5. The van der Waals surface area contributed by atoms with Crippen LogP contribution < -0.4 is 15.4 Å². The Morgan fingerprint density at radius 1 is 1.06 bits per heavy atom. The van der Waals surface area contributed by atoms with Gasteiger partial charge in [0, 0.05) is 25.4 Å². The predicted octanol–water partition coefficient (Wildman–Crippen LogP) is 3.19. The molecule has 1 aromatic carbocycles. The Balaban J connectivity index is 1.24. The molecule has 3 N–H and O–H groups in total. The highest BCUT2D eigenvalue weighted by Gasteiger charge is 2.62. The van der Waals surface area contributed by atoms with E-state index in [2.05, 4.69) is 15.4 Å². The summed E-state index contributed by atoms with van der Waals surface area (Å²) in [6, 6.07) is 2.13. The first kappa shape index (κ1) is 37.5. The number of rotatable bonds is 5. The molecule has 2 aliphatic carbocycles. The van der Waals surface area contributed by atoms with Gasteiger partial charge in [-0.1, -0.05) is 31.1 Å². The Labute approximate surface area is 303 Å². The fourth-order valence-corrected chi connectivity index (χ4v) is 8.56. The molecule has 0 aromatic heterocycles. The summed E-state index contributed by atoms with van der Waals surface area (Å²) < 4.78 is 52.8. The van der Waals surface area contributed by atoms with Crippen molar-refractivity contribution < 1.29 is 46.3 Å². The minimum absolute atomic E-state index is 0.101. The molecule has 52 heavy (non-hydrogen) atoms. The standard InChI is InChI=1S/C36H48FN5O9S/c1-35(2,3)51-33(46)38-28-10-8-6-4-5-7-9-24-19-36(24,32(45)40-52(48,49)27-13-14-27)39-30(43)29-18-26(21-42(29)31(28)44)50-34(47)41-16-15-22-17-25(37)12-11-23(22)20-41/h7,9,11-12,17,24,26-29H,4-6,8,10,13-16,18-21H2,1-3H3,(H,38,46)(H,39,43)(H,40,45)/b9-7-/t24-,26+,28-,29-,36+/m0/s1. The van der Waals surface area contributed by atoms with Crippen LogP contribution in [0.3, 0.4) is 0 Å². The number of hydrogen-bond donors (Lipinski definition) is 3. The maximum absolute atomic E-state index is 14.3. The number of sulfonamides is 1. The molecule has 284 valence electrons. The van der Waals surface area contributed by atoms with E-state index in [1.165, 1.54) is 21.9 Å². The summed E-state index contributed by atoms with van der Waals surface area (Å²) in [5.74, 6) is -2.94. The number of allylic oxidation sites excluding steroid dienone is 1. The zero-order valence-corrected chi connectivity index (χ0v) is 30.6. The predicted molar refractivity (Wildman–Crippen MR) is 185 cm³/mol. The van der Waals surface area contributed by atoms with Crippen molar-refractivity contribution >= 4 is 39.9 Å². The molecular formula is C36H48FN5O9S. The number of carbonyl (C=O) groups excluding carboxylic acids is 5. The van der Waals surface area contributed by atoms with Crippen LogP contribution in [0.2, 0.25) is 0 Å². The van der Waals surface area contributed by atoms with Crippen molar-refractivity contribution in [2.75, 3.05) is 13.1 Å². The topological polar surface area (TPSA) is 181 Å². The van der Waals surface area contributed by atoms with E-state index < -0.39 is 80.4 Å². The van der Waals surface area contributed by atoms with E-state index in [1.807, 2.05) is 12.2 Å². The van der Waals surface area contributed by atoms with Gasteiger partial charge in [0.1, 0.15) is 35.1 Å². The number of benzene rings is 1. The maximum atomic E-state index is 14.3. The third-order valence-corrected chi connectivity index (χ3v) is 12.1. The van der Waals surface area contributed by atoms with Gasteiger partial charge in [-0.05, 0) is 89.0 Å². The van der Waals surface area contributed by atoms with Crippen LogP contribution in [0.1, 0.15) is 89.7 Å². The molecule has 2 saturated carbocycles. The molecule has 0 radical (unpaired) electrons. The Kier molecular flexibility index (Phi) is 10.6. The van der Waals surface area contributed by atoms with Gasteiger partial charge in [-0.25, -0.2) is 22.4 Å². The maximum Gasteiger partial charge on any atom is 0.410 e. The third kappa shape index (κ3) is 8.69. The average molecular weight is 746 g/mol. The van der Waals surface area contributed by atoms with Crippen molar-refractivity contribution in [2.45, 2.75) is 126 Å². The van der Waals surface area contributed by atoms with Gasteiger partial charge in [-0.15, -0.1) is 0 Å². The quantitative estimate of drug-likeness (QED) is 0.382. The molecular weight excluding hydrogens is 697 g/mol. The molecule has 5 aliphatic rings. The minimum Gasteiger partial charge on any atom is -0.444 e. The zero-order valence-electron chi connectivity index (χ0n) is 29.8. The molecule has 5 atom stereocenters. The lowest BCUT2D eigenvalue weighted by Crippen LogP contribution is -2.58. The number of halogens is 1. The van der Waals surface area contributed by atoms with Gasteiger partial charge in [-0.2, -0.15) is 0 Å². The van der Waals surface area contributed by atoms with Gasteiger partial charge >= 0.3 is 12.2 Å². The van der Waals surface area contributed by atoms with Gasteiger partial charge in [0.25, 0.3) is 5.91 Å². The Morgan fingerprint density at radius 3 is 2.56 bits per heavy atom. The second kappa shape index (κ2) is 14.7. The Hall–Kier alpha value is -4.21. The SMILES string of the molecule is CC(C)(C)OC(=O)N[C@H]1CCCCC/C=C\[C@H]2C[C@@]2(C(=O)NS(=O)(=O)C2CC2)NC(=O)[C@@H]2C[C@@H](OC(=O)N3CCc4cc(F)ccc4C3)CN2C1=O. The molecule has 0 spiro atoms. The summed E-state index contributed by atoms with van der Waals surface area (Å²) in [5.41, 5.74) is -0.790. The average Bonchev–Trinajstić information content (AvgIpc) is 3.99. The molecule has 3 fully saturated rings. The molecule has 5 amide bonds. The molecule has 3 heterocycles. The number of fused-ring (bicyclic) bond motifs is 3. The molecule has 16 heteroatoms. The number of carbonyl (C=O) groups is 5. The van der Waals surface area contributed by atoms with E-state index in [-0.39, 0.29) is 44.7 Å². The Morgan fingerprint density at radius 2 is 1.83 bits per heavy atom. The van der Waals surface area contributed by atoms with E-state index >= 15 is 0 Å². The van der Waals surface area contributed by atoms with Crippen LogP contribution in [0.25, 0.3) is 0 Å². The molecule has 1 saturated heterocycles. The summed E-state index contributed by atoms with van der Waals surface area (Å²) in [6.07, 6.45) is 5.76. The van der Waals surface area contributed by atoms with E-state index in [1.54, 1.807) is 26.8 Å². The zero-order chi connectivity index (χ0) is 37.4. The van der Waals surface area contributed by atoms with Crippen LogP contribution in [-0.4, -0.2) is 95.8 Å². The highest BCUT2D eigenvalue weighted by atomic mass is 32.2. The van der Waals surface area contributed by atoms with Crippen molar-refractivity contribution in [3.05, 3.63) is 47.3 Å². The molecule has 0 unspecified atom stereocenters. The lowest BCUT2D eigenvalue weighted by molar-refractivity contribution is -0.141. The van der Waals surface area contributed by atoms with Crippen LogP contribution >= 0.6 is 0 Å². The first-order chi connectivity index (χ1) is 24.5. The van der Waals surface area contributed by atoms with Crippen LogP contribution in [-0.2, 0) is 46.8 Å². The monoisotopic (exact) mass is 745 g/mol. The molecule has 0 bridgehead atoms. The fraction of sp³-hybridized carbons (Fsp3) is 0.639. The normalized spacial score (nSPS) is 28.8. The summed E-state index contributed by atoms with van der Waals surface area (Å²) in [4.78, 5) is 71.2. The van der Waals surface area contributed by atoms with Crippen LogP contribution in [0, 0.1) is 11.7 Å². The van der Waals surface area contributed by atoms with E-state index in [9.17, 15) is 36.8 Å². The van der Waals surface area contributed by atoms with Crippen molar-refractivity contribution in [3.8, 4) is 0 Å². The van der Waals surface area contributed by atoms with Crippen molar-refractivity contribution in [3.63, 3.8) is 0 Å². The number of nitrogens with one attached hydrogen (secondary N) is 3. The number of hydrogen-bond acceptors (Lipinski definition) is 9. The summed E-state index contributed by atoms with van der Waals surface area (Å²) >= 11 is 0. The number of ether oxygens (including phenoxy) is 2. The lowest BCUT2D eigenvalue weighted by atomic mass is 10.00. The van der Waals surface area contributed by atoms with Gasteiger partial charge < -0.3 is 29.9 Å². The van der Waals surface area contributed by atoms with Gasteiger partial charge in [0.05, 0.1) is 11.8 Å². The van der Waals surface area contributed by atoms with Crippen LogP contribution in [0.15, 0.2) is 30.4 Å². The van der Waals surface area contributed by atoms with Gasteiger partial charge in [0.2, 0.25) is 21.8 Å². The smallest absolute Gasteiger partial charge is 0.410 e. The minimum atomic E-state index is -3.91. The van der Waals surface area contributed by atoms with Gasteiger partial charge in [0.15, 0.2) is 0 Å². The first-order valence-corrected chi connectivity index (χ1v) is 19.7. The van der Waals surface area contributed by atoms with Crippen LogP contribution in [0.4, 0.5) is 14.0 Å². The van der Waals surface area contributed by atoms with Crippen molar-refractivity contribution in [2.24, 2.45) is 5.92 Å². The molecule has 1 aromatic rings. The van der Waals surface area contributed by atoms with Crippen molar-refractivity contribution in [1.29, 1.82) is 0 Å². The number of amides is 5. The highest BCUT2D eigenvalue weighted by Crippen LogP contribution is 2.46. The lowest BCUT2D eigenvalue weighted by Gasteiger charge is -2.30. The van der Waals surface area contributed by atoms with E-state index in [0.29, 0.717) is 32.1 Å². The molecule has 3 aliphatic heterocycles. The Bertz CT molecular complexity index is 1740. The summed E-state index contributed by atoms with van der Waals surface area (Å²) in [6.45, 7) is 5.42. The third-order valence-electron chi connectivity index (χ3n) is 10.2. The largest absolute Gasteiger partial charge is 0.444 e.